The van der Waals surface area contributed by atoms with Gasteiger partial charge in [-0.05, 0) is 64.4 Å². The standard InChI is InChI=1S/C39H29N5/c40-24-26-14-19-33-32(23-26)35-31(12-7-13-34(35)39(33)20-5-2-6-21-39)38-43-36(28-9-3-1-4-10-28)42-37(44-38)29-17-15-27(16-18-29)30-11-8-22-41-25-30/h1,3-4,7-19,22-23,25H,2,5-6,20-21H2. The van der Waals surface area contributed by atoms with Gasteiger partial charge >= 0.3 is 0 Å². The van der Waals surface area contributed by atoms with Gasteiger partial charge in [-0.25, -0.2) is 15.0 Å². The first-order valence-electron chi connectivity index (χ1n) is 15.2. The number of nitrogens with zero attached hydrogens (tertiary/aromatic N) is 5. The number of aromatic nitrogens is 4. The van der Waals surface area contributed by atoms with Gasteiger partial charge < -0.3 is 0 Å². The summed E-state index contributed by atoms with van der Waals surface area (Å²) >= 11 is 0. The van der Waals surface area contributed by atoms with E-state index in [1.165, 1.54) is 30.4 Å². The molecule has 6 aromatic rings. The zero-order valence-corrected chi connectivity index (χ0v) is 24.2. The fraction of sp³-hybridized carbons (Fsp3) is 0.154. The molecule has 210 valence electrons. The van der Waals surface area contributed by atoms with Crippen LogP contribution in [0.15, 0.2) is 116 Å². The minimum absolute atomic E-state index is 0.0346. The highest BCUT2D eigenvalue weighted by Gasteiger charge is 2.44. The quantitative estimate of drug-likeness (QED) is 0.212. The molecule has 1 spiro atoms. The summed E-state index contributed by atoms with van der Waals surface area (Å²) < 4.78 is 0. The first-order valence-corrected chi connectivity index (χ1v) is 15.2. The maximum absolute atomic E-state index is 9.84. The van der Waals surface area contributed by atoms with Crippen LogP contribution in [-0.4, -0.2) is 19.9 Å². The third kappa shape index (κ3) is 4.30. The van der Waals surface area contributed by atoms with Crippen molar-refractivity contribution in [3.05, 3.63) is 132 Å². The smallest absolute Gasteiger partial charge is 0.164 e. The molecule has 8 rings (SSSR count). The van der Waals surface area contributed by atoms with Crippen LogP contribution in [0.25, 0.3) is 56.4 Å². The average Bonchev–Trinajstić information content (AvgIpc) is 3.37. The summed E-state index contributed by atoms with van der Waals surface area (Å²) in [6.07, 6.45) is 9.55. The molecule has 0 N–H and O–H groups in total. The largest absolute Gasteiger partial charge is 0.264 e. The Morgan fingerprint density at radius 2 is 1.27 bits per heavy atom. The zero-order chi connectivity index (χ0) is 29.5. The molecule has 0 saturated heterocycles. The maximum atomic E-state index is 9.84. The SMILES string of the molecule is N#Cc1ccc2c(c1)-c1c(-c3nc(-c4ccccc4)nc(-c4ccc(-c5cccnc5)cc4)n3)cccc1C21CCCCC1. The monoisotopic (exact) mass is 567 g/mol. The van der Waals surface area contributed by atoms with Gasteiger partial charge in [0.05, 0.1) is 11.6 Å². The Balaban J connectivity index is 1.33. The molecule has 5 nitrogen and oxygen atoms in total. The molecule has 1 fully saturated rings. The summed E-state index contributed by atoms with van der Waals surface area (Å²) in [6.45, 7) is 0. The van der Waals surface area contributed by atoms with Gasteiger partial charge in [0.25, 0.3) is 0 Å². The molecule has 0 amide bonds. The van der Waals surface area contributed by atoms with E-state index in [4.69, 9.17) is 15.0 Å². The Hall–Kier alpha value is -5.47. The molecule has 44 heavy (non-hydrogen) atoms. The third-order valence-electron chi connectivity index (χ3n) is 9.27. The molecule has 0 radical (unpaired) electrons. The fourth-order valence-electron chi connectivity index (χ4n) is 7.19. The van der Waals surface area contributed by atoms with Crippen molar-refractivity contribution in [3.63, 3.8) is 0 Å². The van der Waals surface area contributed by atoms with Crippen LogP contribution < -0.4 is 0 Å². The van der Waals surface area contributed by atoms with Crippen LogP contribution >= 0.6 is 0 Å². The molecule has 0 bridgehead atoms. The molecule has 2 aromatic heterocycles. The van der Waals surface area contributed by atoms with E-state index >= 15 is 0 Å². The van der Waals surface area contributed by atoms with Gasteiger partial charge in [0.15, 0.2) is 17.5 Å². The molecular weight excluding hydrogens is 538 g/mol. The summed E-state index contributed by atoms with van der Waals surface area (Å²) in [6, 6.07) is 37.6. The van der Waals surface area contributed by atoms with E-state index in [0.717, 1.165) is 51.8 Å². The molecule has 0 aliphatic heterocycles. The second kappa shape index (κ2) is 10.7. The van der Waals surface area contributed by atoms with Gasteiger partial charge in [-0.1, -0.05) is 104 Å². The van der Waals surface area contributed by atoms with Gasteiger partial charge in [-0.2, -0.15) is 5.26 Å². The van der Waals surface area contributed by atoms with Crippen molar-refractivity contribution in [3.8, 4) is 62.5 Å². The Bertz CT molecular complexity index is 2040. The fourth-order valence-corrected chi connectivity index (χ4v) is 7.19. The van der Waals surface area contributed by atoms with Crippen LogP contribution in [0.4, 0.5) is 0 Å². The number of pyridine rings is 1. The first-order chi connectivity index (χ1) is 21.7. The van der Waals surface area contributed by atoms with Crippen molar-refractivity contribution in [2.75, 3.05) is 0 Å². The Labute approximate surface area is 257 Å². The molecule has 2 aliphatic carbocycles. The van der Waals surface area contributed by atoms with Crippen LogP contribution in [0.2, 0.25) is 0 Å². The highest BCUT2D eigenvalue weighted by molar-refractivity contribution is 5.92. The Morgan fingerprint density at radius 3 is 2.00 bits per heavy atom. The van der Waals surface area contributed by atoms with Gasteiger partial charge in [0.1, 0.15) is 0 Å². The van der Waals surface area contributed by atoms with Gasteiger partial charge in [0.2, 0.25) is 0 Å². The van der Waals surface area contributed by atoms with E-state index in [1.807, 2.05) is 48.7 Å². The molecule has 2 aliphatic rings. The lowest BCUT2D eigenvalue weighted by molar-refractivity contribution is 0.353. The zero-order valence-electron chi connectivity index (χ0n) is 24.2. The minimum atomic E-state index is -0.0346. The summed E-state index contributed by atoms with van der Waals surface area (Å²) in [5.41, 5.74) is 10.6. The van der Waals surface area contributed by atoms with Crippen LogP contribution in [-0.2, 0) is 5.41 Å². The van der Waals surface area contributed by atoms with Crippen molar-refractivity contribution in [2.24, 2.45) is 0 Å². The molecule has 1 saturated carbocycles. The lowest BCUT2D eigenvalue weighted by Gasteiger charge is -2.36. The van der Waals surface area contributed by atoms with Crippen LogP contribution in [0.3, 0.4) is 0 Å². The van der Waals surface area contributed by atoms with E-state index in [-0.39, 0.29) is 5.41 Å². The molecular formula is C39H29N5. The second-order valence-corrected chi connectivity index (χ2v) is 11.7. The normalized spacial score (nSPS) is 14.5. The van der Waals surface area contributed by atoms with E-state index in [0.29, 0.717) is 23.0 Å². The second-order valence-electron chi connectivity index (χ2n) is 11.7. The maximum Gasteiger partial charge on any atom is 0.164 e. The van der Waals surface area contributed by atoms with E-state index in [1.54, 1.807) is 6.20 Å². The van der Waals surface area contributed by atoms with Gasteiger partial charge in [0, 0.05) is 34.5 Å². The number of nitriles is 1. The highest BCUT2D eigenvalue weighted by Crippen LogP contribution is 2.57. The van der Waals surface area contributed by atoms with Crippen molar-refractivity contribution in [2.45, 2.75) is 37.5 Å². The topological polar surface area (TPSA) is 75.3 Å². The van der Waals surface area contributed by atoms with Crippen LogP contribution in [0.1, 0.15) is 48.8 Å². The van der Waals surface area contributed by atoms with E-state index < -0.39 is 0 Å². The van der Waals surface area contributed by atoms with E-state index in [2.05, 4.69) is 71.7 Å². The lowest BCUT2D eigenvalue weighted by atomic mass is 9.67. The number of fused-ring (bicyclic) bond motifs is 5. The van der Waals surface area contributed by atoms with Crippen LogP contribution in [0, 0.1) is 11.3 Å². The van der Waals surface area contributed by atoms with Gasteiger partial charge in [-0.3, -0.25) is 4.98 Å². The Kier molecular flexibility index (Phi) is 6.34. The van der Waals surface area contributed by atoms with Crippen molar-refractivity contribution in [1.29, 1.82) is 5.26 Å². The first kappa shape index (κ1) is 26.2. The molecule has 2 heterocycles. The van der Waals surface area contributed by atoms with E-state index in [9.17, 15) is 5.26 Å². The number of benzene rings is 4. The van der Waals surface area contributed by atoms with Crippen LogP contribution in [0.5, 0.6) is 0 Å². The summed E-state index contributed by atoms with van der Waals surface area (Å²) in [5.74, 6) is 1.90. The summed E-state index contributed by atoms with van der Waals surface area (Å²) in [7, 11) is 0. The predicted octanol–water partition coefficient (Wildman–Crippen LogP) is 9.04. The Morgan fingerprint density at radius 1 is 0.568 bits per heavy atom. The molecule has 4 aromatic carbocycles. The molecule has 5 heteroatoms. The summed E-state index contributed by atoms with van der Waals surface area (Å²) in [4.78, 5) is 19.5. The summed E-state index contributed by atoms with van der Waals surface area (Å²) in [5, 5.41) is 9.84. The average molecular weight is 568 g/mol. The number of hydrogen-bond donors (Lipinski definition) is 0. The lowest BCUT2D eigenvalue weighted by Crippen LogP contribution is -2.28. The highest BCUT2D eigenvalue weighted by atomic mass is 15.0. The third-order valence-corrected chi connectivity index (χ3v) is 9.27. The van der Waals surface area contributed by atoms with Crippen molar-refractivity contribution in [1.82, 2.24) is 19.9 Å². The number of rotatable bonds is 4. The van der Waals surface area contributed by atoms with Gasteiger partial charge in [-0.15, -0.1) is 0 Å². The predicted molar refractivity (Wildman–Crippen MR) is 173 cm³/mol. The van der Waals surface area contributed by atoms with Crippen molar-refractivity contribution >= 4 is 0 Å². The van der Waals surface area contributed by atoms with Crippen molar-refractivity contribution < 1.29 is 0 Å². The molecule has 0 atom stereocenters. The number of hydrogen-bond acceptors (Lipinski definition) is 5. The minimum Gasteiger partial charge on any atom is -0.264 e. The molecule has 0 unspecified atom stereocenters.